The van der Waals surface area contributed by atoms with Crippen LogP contribution in [-0.2, 0) is 9.59 Å². The van der Waals surface area contributed by atoms with Crippen LogP contribution in [0.4, 0.5) is 5.69 Å². The Morgan fingerprint density at radius 1 is 0.750 bits per heavy atom. The number of amides is 2. The summed E-state index contributed by atoms with van der Waals surface area (Å²) in [6.45, 7) is 0. The number of benzene rings is 3. The Morgan fingerprint density at radius 3 is 2.03 bits per heavy atom. The summed E-state index contributed by atoms with van der Waals surface area (Å²) in [5.74, 6) is -1.15. The number of carbonyl (C=O) groups excluding carboxylic acids is 3. The molecule has 3 aromatic rings. The molecule has 5 nitrogen and oxygen atoms in total. The second kappa shape index (κ2) is 8.27. The molecule has 0 saturated carbocycles. The zero-order valence-electron chi connectivity index (χ0n) is 17.3. The second-order valence-corrected chi connectivity index (χ2v) is 8.00. The molecule has 3 aromatic carbocycles. The fourth-order valence-electron chi connectivity index (χ4n) is 4.34. The Labute approximate surface area is 185 Å². The molecule has 2 unspecified atom stereocenters. The van der Waals surface area contributed by atoms with Gasteiger partial charge in [-0.2, -0.15) is 0 Å². The smallest absolute Gasteiger partial charge is 0.343 e. The van der Waals surface area contributed by atoms with Gasteiger partial charge in [-0.15, -0.1) is 0 Å². The van der Waals surface area contributed by atoms with E-state index in [0.717, 1.165) is 11.1 Å². The van der Waals surface area contributed by atoms with Crippen LogP contribution in [0.15, 0.2) is 91.0 Å². The minimum atomic E-state index is -0.544. The van der Waals surface area contributed by atoms with Crippen LogP contribution in [0.25, 0.3) is 11.1 Å². The van der Waals surface area contributed by atoms with Crippen molar-refractivity contribution in [1.29, 1.82) is 0 Å². The minimum Gasteiger partial charge on any atom is -0.423 e. The predicted octanol–water partition coefficient (Wildman–Crippen LogP) is 5.03. The van der Waals surface area contributed by atoms with Crippen molar-refractivity contribution in [2.75, 3.05) is 4.90 Å². The van der Waals surface area contributed by atoms with E-state index in [9.17, 15) is 14.4 Å². The fraction of sp³-hybridized carbons (Fsp3) is 0.148. The Balaban J connectivity index is 1.33. The van der Waals surface area contributed by atoms with Gasteiger partial charge in [0.1, 0.15) is 5.75 Å². The van der Waals surface area contributed by atoms with Crippen LogP contribution in [-0.4, -0.2) is 17.8 Å². The van der Waals surface area contributed by atoms with Crippen molar-refractivity contribution in [3.05, 3.63) is 96.6 Å². The molecule has 1 fully saturated rings. The number of rotatable bonds is 4. The number of ether oxygens (including phenoxy) is 1. The van der Waals surface area contributed by atoms with E-state index in [1.807, 2.05) is 54.6 Å². The molecule has 0 spiro atoms. The summed E-state index contributed by atoms with van der Waals surface area (Å²) >= 11 is 0. The van der Waals surface area contributed by atoms with Gasteiger partial charge >= 0.3 is 5.97 Å². The first kappa shape index (κ1) is 19.9. The van der Waals surface area contributed by atoms with E-state index in [1.165, 1.54) is 4.90 Å². The van der Waals surface area contributed by atoms with E-state index in [4.69, 9.17) is 4.74 Å². The molecule has 0 radical (unpaired) electrons. The van der Waals surface area contributed by atoms with Gasteiger partial charge in [-0.3, -0.25) is 14.5 Å². The van der Waals surface area contributed by atoms with Gasteiger partial charge in [0.25, 0.3) is 0 Å². The summed E-state index contributed by atoms with van der Waals surface area (Å²) in [6, 6.07) is 23.7. The first-order chi connectivity index (χ1) is 15.6. The topological polar surface area (TPSA) is 63.7 Å². The van der Waals surface area contributed by atoms with Gasteiger partial charge in [-0.05, 0) is 54.3 Å². The highest BCUT2D eigenvalue weighted by molar-refractivity contribution is 6.22. The van der Waals surface area contributed by atoms with Gasteiger partial charge < -0.3 is 4.74 Å². The van der Waals surface area contributed by atoms with E-state index in [0.29, 0.717) is 24.3 Å². The van der Waals surface area contributed by atoms with Gasteiger partial charge in [-0.25, -0.2) is 4.79 Å². The number of esters is 1. The van der Waals surface area contributed by atoms with Crippen LogP contribution in [0.2, 0.25) is 0 Å². The summed E-state index contributed by atoms with van der Waals surface area (Å²) in [5, 5.41) is 0. The van der Waals surface area contributed by atoms with E-state index in [-0.39, 0.29) is 29.2 Å². The van der Waals surface area contributed by atoms with Crippen LogP contribution in [0, 0.1) is 11.8 Å². The Bertz CT molecular complexity index is 1190. The molecule has 32 heavy (non-hydrogen) atoms. The number of hydrogen-bond acceptors (Lipinski definition) is 4. The Kier molecular flexibility index (Phi) is 5.15. The number of carbonyl (C=O) groups is 3. The van der Waals surface area contributed by atoms with Gasteiger partial charge in [0, 0.05) is 0 Å². The number of hydrogen-bond donors (Lipinski definition) is 0. The number of imide groups is 1. The predicted molar refractivity (Wildman–Crippen MR) is 121 cm³/mol. The lowest BCUT2D eigenvalue weighted by Gasteiger charge is -2.15. The van der Waals surface area contributed by atoms with E-state index >= 15 is 0 Å². The first-order valence-electron chi connectivity index (χ1n) is 10.6. The Hall–Kier alpha value is -3.99. The lowest BCUT2D eigenvalue weighted by molar-refractivity contribution is -0.122. The monoisotopic (exact) mass is 423 g/mol. The quantitative estimate of drug-likeness (QED) is 0.256. The maximum Gasteiger partial charge on any atom is 0.343 e. The van der Waals surface area contributed by atoms with Gasteiger partial charge in [-0.1, -0.05) is 60.7 Å². The number of nitrogens with zero attached hydrogens (tertiary/aromatic N) is 1. The summed E-state index contributed by atoms with van der Waals surface area (Å²) in [5.41, 5.74) is 2.79. The third-order valence-corrected chi connectivity index (χ3v) is 6.02. The molecular weight excluding hydrogens is 402 g/mol. The molecule has 1 saturated heterocycles. The molecule has 5 heteroatoms. The SMILES string of the molecule is O=C(Oc1ccc(-c2ccccc2)cc1)c1cccc(N2C(=O)C3CC=CCC3C2=O)c1. The molecule has 158 valence electrons. The highest BCUT2D eigenvalue weighted by Crippen LogP contribution is 2.37. The molecule has 1 aliphatic carbocycles. The molecule has 1 heterocycles. The van der Waals surface area contributed by atoms with Crippen molar-refractivity contribution in [2.24, 2.45) is 11.8 Å². The average Bonchev–Trinajstić information content (AvgIpc) is 3.10. The molecule has 0 bridgehead atoms. The molecule has 2 atom stereocenters. The molecule has 2 aliphatic rings. The maximum atomic E-state index is 12.8. The minimum absolute atomic E-state index is 0.202. The average molecular weight is 423 g/mol. The van der Waals surface area contributed by atoms with Crippen LogP contribution in [0.1, 0.15) is 23.2 Å². The van der Waals surface area contributed by atoms with Crippen molar-refractivity contribution in [3.8, 4) is 16.9 Å². The maximum absolute atomic E-state index is 12.8. The van der Waals surface area contributed by atoms with Gasteiger partial charge in [0.2, 0.25) is 11.8 Å². The first-order valence-corrected chi connectivity index (χ1v) is 10.6. The second-order valence-electron chi connectivity index (χ2n) is 8.00. The van der Waals surface area contributed by atoms with Crippen LogP contribution >= 0.6 is 0 Å². The van der Waals surface area contributed by atoms with E-state index in [2.05, 4.69) is 0 Å². The van der Waals surface area contributed by atoms with E-state index < -0.39 is 5.97 Å². The highest BCUT2D eigenvalue weighted by atomic mass is 16.5. The molecular formula is C27H21NO4. The van der Waals surface area contributed by atoms with Crippen molar-refractivity contribution < 1.29 is 19.1 Å². The summed E-state index contributed by atoms with van der Waals surface area (Å²) in [7, 11) is 0. The molecule has 1 aliphatic heterocycles. The van der Waals surface area contributed by atoms with Crippen LogP contribution in [0.5, 0.6) is 5.75 Å². The lowest BCUT2D eigenvalue weighted by atomic mass is 9.85. The van der Waals surface area contributed by atoms with Crippen molar-refractivity contribution in [2.45, 2.75) is 12.8 Å². The normalized spacial score (nSPS) is 19.7. The highest BCUT2D eigenvalue weighted by Gasteiger charge is 2.47. The van der Waals surface area contributed by atoms with Gasteiger partial charge in [0.15, 0.2) is 0 Å². The number of fused-ring (bicyclic) bond motifs is 1. The fourth-order valence-corrected chi connectivity index (χ4v) is 4.34. The molecule has 5 rings (SSSR count). The van der Waals surface area contributed by atoms with Crippen molar-refractivity contribution in [3.63, 3.8) is 0 Å². The van der Waals surface area contributed by atoms with Crippen molar-refractivity contribution in [1.82, 2.24) is 0 Å². The summed E-state index contributed by atoms with van der Waals surface area (Å²) in [4.78, 5) is 39.6. The zero-order valence-corrected chi connectivity index (χ0v) is 17.3. The summed E-state index contributed by atoms with van der Waals surface area (Å²) < 4.78 is 5.52. The Morgan fingerprint density at radius 2 is 1.38 bits per heavy atom. The van der Waals surface area contributed by atoms with E-state index in [1.54, 1.807) is 36.4 Å². The van der Waals surface area contributed by atoms with Crippen LogP contribution < -0.4 is 9.64 Å². The molecule has 0 N–H and O–H groups in total. The number of allylic oxidation sites excluding steroid dienone is 2. The molecule has 2 amide bonds. The lowest BCUT2D eigenvalue weighted by Crippen LogP contribution is -2.31. The standard InChI is InChI=1S/C27H21NO4/c29-25-23-11-4-5-12-24(23)26(30)28(25)21-10-6-9-20(17-21)27(31)32-22-15-13-19(14-16-22)18-7-2-1-3-8-18/h1-10,13-17,23-24H,11-12H2. The third kappa shape index (κ3) is 3.62. The third-order valence-electron chi connectivity index (χ3n) is 6.02. The molecule has 0 aromatic heterocycles. The zero-order chi connectivity index (χ0) is 22.1. The largest absolute Gasteiger partial charge is 0.423 e. The van der Waals surface area contributed by atoms with Gasteiger partial charge in [0.05, 0.1) is 23.1 Å². The van der Waals surface area contributed by atoms with Crippen molar-refractivity contribution >= 4 is 23.5 Å². The number of anilines is 1. The van der Waals surface area contributed by atoms with Crippen LogP contribution in [0.3, 0.4) is 0 Å². The summed E-state index contributed by atoms with van der Waals surface area (Å²) in [6.07, 6.45) is 5.05.